The first-order valence-corrected chi connectivity index (χ1v) is 5.58. The van der Waals surface area contributed by atoms with Crippen LogP contribution in [-0.2, 0) is 9.59 Å². The number of amides is 1. The molecule has 3 atom stereocenters. The number of aldehydes is 1. The van der Waals surface area contributed by atoms with E-state index >= 15 is 0 Å². The number of fused-ring (bicyclic) bond motifs is 1. The third-order valence-corrected chi connectivity index (χ3v) is 3.86. The predicted octanol–water partition coefficient (Wildman–Crippen LogP) is 0.822. The molecule has 2 aliphatic heterocycles. The van der Waals surface area contributed by atoms with Crippen molar-refractivity contribution in [2.24, 2.45) is 5.92 Å². The van der Waals surface area contributed by atoms with Crippen LogP contribution in [0.2, 0.25) is 0 Å². The number of carbonyl (C=O) groups is 2. The zero-order valence-corrected chi connectivity index (χ0v) is 9.56. The van der Waals surface area contributed by atoms with Crippen molar-refractivity contribution in [1.82, 2.24) is 10.0 Å². The van der Waals surface area contributed by atoms with Gasteiger partial charge in [0.05, 0.1) is 5.92 Å². The third kappa shape index (κ3) is 1.31. The van der Waals surface area contributed by atoms with Gasteiger partial charge < -0.3 is 4.79 Å². The Bertz CT molecular complexity index is 305. The fourth-order valence-electron chi connectivity index (χ4n) is 2.63. The van der Waals surface area contributed by atoms with Gasteiger partial charge in [0.15, 0.2) is 0 Å². The van der Waals surface area contributed by atoms with Gasteiger partial charge in [0.1, 0.15) is 11.8 Å². The zero-order chi connectivity index (χ0) is 11.2. The fourth-order valence-corrected chi connectivity index (χ4v) is 2.63. The first-order valence-electron chi connectivity index (χ1n) is 5.58. The van der Waals surface area contributed by atoms with Crippen molar-refractivity contribution in [3.05, 3.63) is 0 Å². The van der Waals surface area contributed by atoms with Gasteiger partial charge in [0, 0.05) is 12.6 Å². The summed E-state index contributed by atoms with van der Waals surface area (Å²) in [5, 5.41) is 3.75. The minimum atomic E-state index is -0.617. The summed E-state index contributed by atoms with van der Waals surface area (Å²) in [4.78, 5) is 23.2. The molecule has 0 aliphatic carbocycles. The van der Waals surface area contributed by atoms with Gasteiger partial charge in [-0.1, -0.05) is 6.92 Å². The van der Waals surface area contributed by atoms with Crippen LogP contribution in [0.1, 0.15) is 33.6 Å². The Morgan fingerprint density at radius 3 is 2.73 bits per heavy atom. The Labute approximate surface area is 90.2 Å². The molecule has 4 nitrogen and oxygen atoms in total. The second-order valence-corrected chi connectivity index (χ2v) is 4.92. The molecule has 2 heterocycles. The molecule has 15 heavy (non-hydrogen) atoms. The Morgan fingerprint density at radius 2 is 2.13 bits per heavy atom. The number of rotatable bonds is 1. The maximum Gasteiger partial charge on any atom is 0.242 e. The van der Waals surface area contributed by atoms with E-state index < -0.39 is 5.54 Å². The molecule has 3 unspecified atom stereocenters. The molecule has 0 saturated carbocycles. The summed E-state index contributed by atoms with van der Waals surface area (Å²) in [5.74, 6) is 0.0965. The van der Waals surface area contributed by atoms with Gasteiger partial charge >= 0.3 is 0 Å². The van der Waals surface area contributed by atoms with E-state index in [9.17, 15) is 9.59 Å². The van der Waals surface area contributed by atoms with Gasteiger partial charge in [-0.3, -0.25) is 9.80 Å². The third-order valence-electron chi connectivity index (χ3n) is 3.86. The van der Waals surface area contributed by atoms with Crippen molar-refractivity contribution in [2.45, 2.75) is 45.2 Å². The summed E-state index contributed by atoms with van der Waals surface area (Å²) in [7, 11) is 0. The highest BCUT2D eigenvalue weighted by Crippen LogP contribution is 2.36. The van der Waals surface area contributed by atoms with Gasteiger partial charge in [0.2, 0.25) is 5.91 Å². The second-order valence-electron chi connectivity index (χ2n) is 4.92. The number of carbonyl (C=O) groups excluding carboxylic acids is 2. The van der Waals surface area contributed by atoms with Crippen LogP contribution in [0, 0.1) is 5.92 Å². The number of hydrazine groups is 1. The van der Waals surface area contributed by atoms with Gasteiger partial charge in [-0.2, -0.15) is 0 Å². The summed E-state index contributed by atoms with van der Waals surface area (Å²) in [6.45, 7) is 6.74. The SMILES string of the molecule is CC1C(=O)N2N(CCCC2(C)C=O)C1C. The minimum absolute atomic E-state index is 0.00220. The van der Waals surface area contributed by atoms with Crippen molar-refractivity contribution in [3.63, 3.8) is 0 Å². The largest absolute Gasteiger partial charge is 0.301 e. The molecule has 2 saturated heterocycles. The average molecular weight is 210 g/mol. The number of hydrogen-bond acceptors (Lipinski definition) is 3. The first-order chi connectivity index (χ1) is 7.01. The molecule has 0 bridgehead atoms. The lowest BCUT2D eigenvalue weighted by Crippen LogP contribution is -2.59. The van der Waals surface area contributed by atoms with Crippen LogP contribution >= 0.6 is 0 Å². The highest BCUT2D eigenvalue weighted by molar-refractivity contribution is 5.85. The fraction of sp³-hybridized carbons (Fsp3) is 0.818. The Hall–Kier alpha value is -0.900. The highest BCUT2D eigenvalue weighted by atomic mass is 16.2. The molecule has 0 aromatic carbocycles. The van der Waals surface area contributed by atoms with Crippen molar-refractivity contribution in [3.8, 4) is 0 Å². The molecule has 2 rings (SSSR count). The van der Waals surface area contributed by atoms with E-state index in [0.29, 0.717) is 0 Å². The van der Waals surface area contributed by atoms with Crippen molar-refractivity contribution in [2.75, 3.05) is 6.54 Å². The normalized spacial score (nSPS) is 41.8. The van der Waals surface area contributed by atoms with Crippen molar-refractivity contribution < 1.29 is 9.59 Å². The Kier molecular flexibility index (Phi) is 2.34. The van der Waals surface area contributed by atoms with Crippen LogP contribution in [-0.4, -0.2) is 40.3 Å². The van der Waals surface area contributed by atoms with Crippen LogP contribution in [0.15, 0.2) is 0 Å². The number of nitrogens with zero attached hydrogens (tertiary/aromatic N) is 2. The van der Waals surface area contributed by atoms with Gasteiger partial charge in [-0.05, 0) is 26.7 Å². The zero-order valence-electron chi connectivity index (χ0n) is 9.56. The molecule has 0 N–H and O–H groups in total. The van der Waals surface area contributed by atoms with E-state index in [2.05, 4.69) is 11.9 Å². The maximum atomic E-state index is 12.0. The quantitative estimate of drug-likeness (QED) is 0.602. The van der Waals surface area contributed by atoms with Gasteiger partial charge in [-0.15, -0.1) is 0 Å². The van der Waals surface area contributed by atoms with E-state index in [4.69, 9.17) is 0 Å². The molecule has 0 aromatic rings. The van der Waals surface area contributed by atoms with Gasteiger partial charge in [-0.25, -0.2) is 5.01 Å². The van der Waals surface area contributed by atoms with E-state index in [0.717, 1.165) is 25.7 Å². The summed E-state index contributed by atoms with van der Waals surface area (Å²) >= 11 is 0. The molecule has 0 radical (unpaired) electrons. The molecule has 1 amide bonds. The summed E-state index contributed by atoms with van der Waals surface area (Å²) in [5.41, 5.74) is -0.617. The molecule has 2 aliphatic rings. The smallest absolute Gasteiger partial charge is 0.242 e. The van der Waals surface area contributed by atoms with Crippen LogP contribution in [0.25, 0.3) is 0 Å². The summed E-state index contributed by atoms with van der Waals surface area (Å²) < 4.78 is 0. The van der Waals surface area contributed by atoms with E-state index in [1.807, 2.05) is 13.8 Å². The molecule has 0 spiro atoms. The first kappa shape index (κ1) is 10.6. The highest BCUT2D eigenvalue weighted by Gasteiger charge is 2.51. The topological polar surface area (TPSA) is 40.6 Å². The minimum Gasteiger partial charge on any atom is -0.301 e. The molecule has 2 fully saturated rings. The van der Waals surface area contributed by atoms with Crippen molar-refractivity contribution in [1.29, 1.82) is 0 Å². The van der Waals surface area contributed by atoms with E-state index in [1.54, 1.807) is 5.01 Å². The van der Waals surface area contributed by atoms with Crippen LogP contribution in [0.4, 0.5) is 0 Å². The average Bonchev–Trinajstić information content (AvgIpc) is 2.45. The predicted molar refractivity (Wildman–Crippen MR) is 55.9 cm³/mol. The lowest BCUT2D eigenvalue weighted by Gasteiger charge is -2.45. The molecular formula is C11H18N2O2. The summed E-state index contributed by atoms with van der Waals surface area (Å²) in [6.07, 6.45) is 2.68. The standard InChI is InChI=1S/C11H18N2O2/c1-8-9(2)12-6-4-5-11(3,7-14)13(12)10(8)15/h7-9H,4-6H2,1-3H3. The van der Waals surface area contributed by atoms with E-state index in [-0.39, 0.29) is 17.9 Å². The maximum absolute atomic E-state index is 12.0. The molecule has 0 aromatic heterocycles. The molecule has 4 heteroatoms. The van der Waals surface area contributed by atoms with E-state index in [1.165, 1.54) is 0 Å². The second kappa shape index (κ2) is 3.30. The number of hydrogen-bond donors (Lipinski definition) is 0. The lowest BCUT2D eigenvalue weighted by atomic mass is 9.94. The lowest BCUT2D eigenvalue weighted by molar-refractivity contribution is -0.165. The monoisotopic (exact) mass is 210 g/mol. The summed E-state index contributed by atoms with van der Waals surface area (Å²) in [6, 6.07) is 0.220. The van der Waals surface area contributed by atoms with Gasteiger partial charge in [0.25, 0.3) is 0 Å². The Balaban J connectivity index is 2.37. The van der Waals surface area contributed by atoms with Crippen LogP contribution in [0.5, 0.6) is 0 Å². The van der Waals surface area contributed by atoms with Crippen molar-refractivity contribution >= 4 is 12.2 Å². The molecule has 84 valence electrons. The molecular weight excluding hydrogens is 192 g/mol. The van der Waals surface area contributed by atoms with Crippen LogP contribution in [0.3, 0.4) is 0 Å². The van der Waals surface area contributed by atoms with Crippen LogP contribution < -0.4 is 0 Å². The Morgan fingerprint density at radius 1 is 1.47 bits per heavy atom.